The van der Waals surface area contributed by atoms with Crippen molar-refractivity contribution >= 4 is 22.4 Å². The molecule has 110 valence electrons. The molecule has 0 spiro atoms. The van der Waals surface area contributed by atoms with E-state index in [2.05, 4.69) is 10.3 Å². The van der Waals surface area contributed by atoms with E-state index in [1.54, 1.807) is 27.2 Å². The van der Waals surface area contributed by atoms with Gasteiger partial charge in [-0.05, 0) is 31.2 Å². The summed E-state index contributed by atoms with van der Waals surface area (Å²) < 4.78 is 10.5. The lowest BCUT2D eigenvalue weighted by Gasteiger charge is -2.08. The number of carbonyl (C=O) groups is 1. The van der Waals surface area contributed by atoms with E-state index >= 15 is 0 Å². The van der Waals surface area contributed by atoms with Crippen molar-refractivity contribution < 1.29 is 14.3 Å². The van der Waals surface area contributed by atoms with Gasteiger partial charge in [0.15, 0.2) is 16.6 Å². The molecule has 6 heteroatoms. The molecule has 0 radical (unpaired) electrons. The number of thiazole rings is 1. The minimum Gasteiger partial charge on any atom is -0.493 e. The summed E-state index contributed by atoms with van der Waals surface area (Å²) in [5, 5.41) is 5.15. The van der Waals surface area contributed by atoms with Crippen molar-refractivity contribution in [2.24, 2.45) is 0 Å². The highest BCUT2D eigenvalue weighted by Gasteiger charge is 2.10. The van der Waals surface area contributed by atoms with Gasteiger partial charge in [-0.25, -0.2) is 4.98 Å². The number of hydrogen-bond donors (Lipinski definition) is 1. The number of nitrogens with zero attached hydrogens (tertiary/aromatic N) is 1. The van der Waals surface area contributed by atoms with Crippen molar-refractivity contribution in [3.8, 4) is 22.8 Å². The summed E-state index contributed by atoms with van der Waals surface area (Å²) in [7, 11) is 3.18. The molecule has 0 unspecified atom stereocenters. The van der Waals surface area contributed by atoms with E-state index in [9.17, 15) is 4.79 Å². The molecule has 0 saturated heterocycles. The highest BCUT2D eigenvalue weighted by Crippen LogP contribution is 2.33. The topological polar surface area (TPSA) is 60.5 Å². The van der Waals surface area contributed by atoms with Gasteiger partial charge in [-0.2, -0.15) is 0 Å². The number of amides is 1. The largest absolute Gasteiger partial charge is 0.493 e. The minimum atomic E-state index is -0.189. The van der Waals surface area contributed by atoms with Crippen LogP contribution >= 0.6 is 11.3 Å². The van der Waals surface area contributed by atoms with Crippen LogP contribution < -0.4 is 14.8 Å². The van der Waals surface area contributed by atoms with Gasteiger partial charge in [0.2, 0.25) is 5.91 Å². The van der Waals surface area contributed by atoms with Crippen molar-refractivity contribution in [1.29, 1.82) is 0 Å². The fraction of sp³-hybridized carbons (Fsp3) is 0.200. The van der Waals surface area contributed by atoms with E-state index in [4.69, 9.17) is 9.47 Å². The molecular weight excluding hydrogens is 288 g/mol. The maximum Gasteiger partial charge on any atom is 0.249 e. The van der Waals surface area contributed by atoms with Crippen molar-refractivity contribution in [1.82, 2.24) is 4.98 Å². The van der Waals surface area contributed by atoms with E-state index in [-0.39, 0.29) is 5.91 Å². The number of methoxy groups -OCH3 is 2. The van der Waals surface area contributed by atoms with E-state index in [0.29, 0.717) is 16.6 Å². The molecular formula is C15H16N2O3S. The summed E-state index contributed by atoms with van der Waals surface area (Å²) in [6.45, 7) is 1.79. The smallest absolute Gasteiger partial charge is 0.249 e. The first-order valence-corrected chi connectivity index (χ1v) is 7.17. The summed E-state index contributed by atoms with van der Waals surface area (Å²) in [5.41, 5.74) is 1.67. The van der Waals surface area contributed by atoms with E-state index in [0.717, 1.165) is 11.3 Å². The van der Waals surface area contributed by atoms with Gasteiger partial charge in [0.1, 0.15) is 0 Å². The van der Waals surface area contributed by atoms with Crippen molar-refractivity contribution in [2.45, 2.75) is 6.92 Å². The zero-order chi connectivity index (χ0) is 15.2. The fourth-order valence-corrected chi connectivity index (χ4v) is 2.48. The van der Waals surface area contributed by atoms with Crippen LogP contribution in [0.4, 0.5) is 5.13 Å². The maximum absolute atomic E-state index is 11.5. The summed E-state index contributed by atoms with van der Waals surface area (Å²) in [4.78, 5) is 15.9. The molecule has 2 rings (SSSR count). The average Bonchev–Trinajstić information content (AvgIpc) is 2.95. The SMILES string of the molecule is C/C=C/C(=O)Nc1nc(-c2ccc(OC)c(OC)c2)cs1. The highest BCUT2D eigenvalue weighted by molar-refractivity contribution is 7.14. The molecule has 0 aliphatic heterocycles. The van der Waals surface area contributed by atoms with Gasteiger partial charge in [-0.1, -0.05) is 6.08 Å². The number of nitrogens with one attached hydrogen (secondary N) is 1. The Kier molecular flexibility index (Phi) is 4.94. The summed E-state index contributed by atoms with van der Waals surface area (Å²) >= 11 is 1.37. The predicted octanol–water partition coefficient (Wildman–Crippen LogP) is 3.34. The van der Waals surface area contributed by atoms with E-state index < -0.39 is 0 Å². The molecule has 0 atom stereocenters. The third kappa shape index (κ3) is 3.61. The zero-order valence-corrected chi connectivity index (χ0v) is 12.9. The molecule has 0 bridgehead atoms. The van der Waals surface area contributed by atoms with Gasteiger partial charge in [0, 0.05) is 10.9 Å². The van der Waals surface area contributed by atoms with Crippen molar-refractivity contribution in [3.05, 3.63) is 35.7 Å². The Hall–Kier alpha value is -2.34. The van der Waals surface area contributed by atoms with Gasteiger partial charge in [0.25, 0.3) is 0 Å². The van der Waals surface area contributed by atoms with Crippen LogP contribution in [0.3, 0.4) is 0 Å². The van der Waals surface area contributed by atoms with Gasteiger partial charge < -0.3 is 9.47 Å². The molecule has 21 heavy (non-hydrogen) atoms. The molecule has 0 fully saturated rings. The molecule has 2 aromatic rings. The molecule has 1 N–H and O–H groups in total. The second-order valence-corrected chi connectivity index (χ2v) is 4.96. The van der Waals surface area contributed by atoms with Crippen LogP contribution in [0.15, 0.2) is 35.7 Å². The molecule has 0 aliphatic carbocycles. The van der Waals surface area contributed by atoms with Crippen molar-refractivity contribution in [2.75, 3.05) is 19.5 Å². The first-order chi connectivity index (χ1) is 10.2. The van der Waals surface area contributed by atoms with Crippen LogP contribution in [0, 0.1) is 0 Å². The quantitative estimate of drug-likeness (QED) is 0.861. The van der Waals surface area contributed by atoms with Gasteiger partial charge in [-0.3, -0.25) is 10.1 Å². The Labute approximate surface area is 127 Å². The van der Waals surface area contributed by atoms with Crippen LogP contribution in [0.1, 0.15) is 6.92 Å². The van der Waals surface area contributed by atoms with Crippen LogP contribution in [0.5, 0.6) is 11.5 Å². The monoisotopic (exact) mass is 304 g/mol. The Morgan fingerprint density at radius 1 is 1.29 bits per heavy atom. The molecule has 0 saturated carbocycles. The van der Waals surface area contributed by atoms with E-state index in [1.807, 2.05) is 23.6 Å². The minimum absolute atomic E-state index is 0.189. The van der Waals surface area contributed by atoms with Gasteiger partial charge >= 0.3 is 0 Å². The lowest BCUT2D eigenvalue weighted by atomic mass is 10.1. The number of hydrogen-bond acceptors (Lipinski definition) is 5. The zero-order valence-electron chi connectivity index (χ0n) is 12.0. The number of anilines is 1. The Morgan fingerprint density at radius 2 is 2.05 bits per heavy atom. The molecule has 5 nitrogen and oxygen atoms in total. The Bertz CT molecular complexity index is 665. The summed E-state index contributed by atoms with van der Waals surface area (Å²) in [6.07, 6.45) is 3.13. The summed E-state index contributed by atoms with van der Waals surface area (Å²) in [5.74, 6) is 1.12. The highest BCUT2D eigenvalue weighted by atomic mass is 32.1. The van der Waals surface area contributed by atoms with Crippen LogP contribution in [-0.4, -0.2) is 25.1 Å². The number of benzene rings is 1. The third-order valence-corrected chi connectivity index (χ3v) is 3.49. The number of ether oxygens (including phenoxy) is 2. The predicted molar refractivity (Wildman–Crippen MR) is 84.1 cm³/mol. The van der Waals surface area contributed by atoms with E-state index in [1.165, 1.54) is 17.4 Å². The van der Waals surface area contributed by atoms with Crippen LogP contribution in [0.25, 0.3) is 11.3 Å². The molecule has 1 aromatic heterocycles. The van der Waals surface area contributed by atoms with Crippen LogP contribution in [-0.2, 0) is 4.79 Å². The molecule has 1 amide bonds. The number of rotatable bonds is 5. The number of aromatic nitrogens is 1. The first kappa shape index (κ1) is 15.1. The average molecular weight is 304 g/mol. The van der Waals surface area contributed by atoms with Crippen molar-refractivity contribution in [3.63, 3.8) is 0 Å². The number of carbonyl (C=O) groups excluding carboxylic acids is 1. The standard InChI is InChI=1S/C15H16N2O3S/c1-4-5-14(18)17-15-16-11(9-21-15)10-6-7-12(19-2)13(8-10)20-3/h4-9H,1-3H3,(H,16,17,18)/b5-4+. The second-order valence-electron chi connectivity index (χ2n) is 4.10. The molecule has 1 heterocycles. The Morgan fingerprint density at radius 3 is 2.71 bits per heavy atom. The molecule has 0 aliphatic rings. The summed E-state index contributed by atoms with van der Waals surface area (Å²) in [6, 6.07) is 5.57. The Balaban J connectivity index is 2.23. The van der Waals surface area contributed by atoms with Gasteiger partial charge in [0.05, 0.1) is 19.9 Å². The van der Waals surface area contributed by atoms with Crippen LogP contribution in [0.2, 0.25) is 0 Å². The number of allylic oxidation sites excluding steroid dienone is 1. The second kappa shape index (κ2) is 6.90. The lowest BCUT2D eigenvalue weighted by molar-refractivity contribution is -0.111. The normalized spacial score (nSPS) is 10.6. The lowest BCUT2D eigenvalue weighted by Crippen LogP contribution is -2.07. The molecule has 1 aromatic carbocycles. The van der Waals surface area contributed by atoms with Gasteiger partial charge in [-0.15, -0.1) is 11.3 Å². The third-order valence-electron chi connectivity index (χ3n) is 2.73. The fourth-order valence-electron chi connectivity index (χ4n) is 1.76. The first-order valence-electron chi connectivity index (χ1n) is 6.29. The maximum atomic E-state index is 11.5.